The van der Waals surface area contributed by atoms with Gasteiger partial charge >= 0.3 is 5.97 Å². The lowest BCUT2D eigenvalue weighted by Gasteiger charge is -1.94. The number of amides is 1. The van der Waals surface area contributed by atoms with Gasteiger partial charge in [0.2, 0.25) is 5.91 Å². The molecular formula is C6H9NO3. The average Bonchev–Trinajstić information content (AvgIpc) is 1.81. The Balaban J connectivity index is 4.12. The molecule has 0 aliphatic carbocycles. The molecule has 1 amide bonds. The SMILES string of the molecule is CC=C(CC(N)=O)C(=O)O. The van der Waals surface area contributed by atoms with Crippen LogP contribution in [-0.2, 0) is 9.59 Å². The van der Waals surface area contributed by atoms with Crippen molar-refractivity contribution in [3.63, 3.8) is 0 Å². The van der Waals surface area contributed by atoms with Crippen molar-refractivity contribution in [2.75, 3.05) is 0 Å². The minimum Gasteiger partial charge on any atom is -0.478 e. The maximum absolute atomic E-state index is 10.2. The molecule has 0 aromatic heterocycles. The molecule has 0 unspecified atom stereocenters. The number of primary amides is 1. The third-order valence-corrected chi connectivity index (χ3v) is 0.988. The summed E-state index contributed by atoms with van der Waals surface area (Å²) in [6.45, 7) is 1.55. The second kappa shape index (κ2) is 3.66. The summed E-state index contributed by atoms with van der Waals surface area (Å²) in [5.41, 5.74) is 4.80. The van der Waals surface area contributed by atoms with Crippen LogP contribution in [0.5, 0.6) is 0 Å². The monoisotopic (exact) mass is 143 g/mol. The molecule has 3 N–H and O–H groups in total. The summed E-state index contributed by atoms with van der Waals surface area (Å²) in [5, 5.41) is 8.35. The van der Waals surface area contributed by atoms with Crippen LogP contribution in [0.4, 0.5) is 0 Å². The van der Waals surface area contributed by atoms with Crippen LogP contribution in [0.25, 0.3) is 0 Å². The van der Waals surface area contributed by atoms with E-state index in [9.17, 15) is 9.59 Å². The number of carboxylic acid groups (broad SMARTS) is 1. The van der Waals surface area contributed by atoms with E-state index >= 15 is 0 Å². The fraction of sp³-hybridized carbons (Fsp3) is 0.333. The van der Waals surface area contributed by atoms with Gasteiger partial charge in [0.25, 0.3) is 0 Å². The summed E-state index contributed by atoms with van der Waals surface area (Å²) in [6, 6.07) is 0. The van der Waals surface area contributed by atoms with E-state index in [1.165, 1.54) is 6.08 Å². The number of carbonyl (C=O) groups excluding carboxylic acids is 1. The van der Waals surface area contributed by atoms with E-state index < -0.39 is 11.9 Å². The number of rotatable bonds is 3. The van der Waals surface area contributed by atoms with Gasteiger partial charge in [-0.25, -0.2) is 4.79 Å². The Morgan fingerprint density at radius 1 is 1.60 bits per heavy atom. The molecule has 0 atom stereocenters. The Hall–Kier alpha value is -1.32. The lowest BCUT2D eigenvalue weighted by atomic mass is 10.2. The first-order valence-corrected chi connectivity index (χ1v) is 2.74. The molecule has 4 nitrogen and oxygen atoms in total. The molecule has 0 aromatic rings. The van der Waals surface area contributed by atoms with Crippen molar-refractivity contribution in [1.29, 1.82) is 0 Å². The number of nitrogens with two attached hydrogens (primary N) is 1. The van der Waals surface area contributed by atoms with E-state index in [2.05, 4.69) is 0 Å². The molecule has 0 heterocycles. The first kappa shape index (κ1) is 8.68. The fourth-order valence-electron chi connectivity index (χ4n) is 0.489. The van der Waals surface area contributed by atoms with E-state index in [0.29, 0.717) is 0 Å². The minimum atomic E-state index is -1.10. The highest BCUT2D eigenvalue weighted by Crippen LogP contribution is 1.98. The number of allylic oxidation sites excluding steroid dienone is 1. The first-order chi connectivity index (χ1) is 4.57. The average molecular weight is 143 g/mol. The summed E-state index contributed by atoms with van der Waals surface area (Å²) >= 11 is 0. The van der Waals surface area contributed by atoms with Crippen molar-refractivity contribution >= 4 is 11.9 Å². The van der Waals surface area contributed by atoms with Gasteiger partial charge in [0.1, 0.15) is 0 Å². The van der Waals surface area contributed by atoms with Gasteiger partial charge in [-0.3, -0.25) is 4.79 Å². The van der Waals surface area contributed by atoms with Crippen molar-refractivity contribution in [3.8, 4) is 0 Å². The van der Waals surface area contributed by atoms with Crippen molar-refractivity contribution in [2.24, 2.45) is 5.73 Å². The van der Waals surface area contributed by atoms with Gasteiger partial charge in [-0.2, -0.15) is 0 Å². The van der Waals surface area contributed by atoms with Crippen molar-refractivity contribution < 1.29 is 14.7 Å². The number of hydrogen-bond donors (Lipinski definition) is 2. The van der Waals surface area contributed by atoms with E-state index in [1.54, 1.807) is 6.92 Å². The van der Waals surface area contributed by atoms with Gasteiger partial charge in [-0.05, 0) is 6.92 Å². The number of aliphatic carboxylic acids is 1. The molecule has 56 valence electrons. The van der Waals surface area contributed by atoms with Crippen LogP contribution in [0.2, 0.25) is 0 Å². The van der Waals surface area contributed by atoms with E-state index in [1.807, 2.05) is 0 Å². The van der Waals surface area contributed by atoms with Crippen LogP contribution in [0.15, 0.2) is 11.6 Å². The van der Waals surface area contributed by atoms with Crippen LogP contribution in [0.3, 0.4) is 0 Å². The molecule has 0 aliphatic heterocycles. The molecule has 0 aliphatic rings. The van der Waals surface area contributed by atoms with E-state index in [-0.39, 0.29) is 12.0 Å². The lowest BCUT2D eigenvalue weighted by molar-refractivity contribution is -0.133. The molecule has 0 radical (unpaired) electrons. The van der Waals surface area contributed by atoms with Crippen LogP contribution in [-0.4, -0.2) is 17.0 Å². The molecule has 0 spiro atoms. The Morgan fingerprint density at radius 3 is 2.20 bits per heavy atom. The van der Waals surface area contributed by atoms with Crippen molar-refractivity contribution in [1.82, 2.24) is 0 Å². The summed E-state index contributed by atoms with van der Waals surface area (Å²) < 4.78 is 0. The van der Waals surface area contributed by atoms with E-state index in [4.69, 9.17) is 10.8 Å². The molecule has 0 aromatic carbocycles. The van der Waals surface area contributed by atoms with Gasteiger partial charge in [-0.15, -0.1) is 0 Å². The Labute approximate surface area is 58.3 Å². The Morgan fingerprint density at radius 2 is 2.10 bits per heavy atom. The summed E-state index contributed by atoms with van der Waals surface area (Å²) in [7, 11) is 0. The highest BCUT2D eigenvalue weighted by Gasteiger charge is 2.07. The van der Waals surface area contributed by atoms with Crippen LogP contribution in [0.1, 0.15) is 13.3 Å². The third-order valence-electron chi connectivity index (χ3n) is 0.988. The largest absolute Gasteiger partial charge is 0.478 e. The molecular weight excluding hydrogens is 134 g/mol. The van der Waals surface area contributed by atoms with Gasteiger partial charge in [-0.1, -0.05) is 6.08 Å². The van der Waals surface area contributed by atoms with Gasteiger partial charge in [0.15, 0.2) is 0 Å². The number of hydrogen-bond acceptors (Lipinski definition) is 2. The smallest absolute Gasteiger partial charge is 0.331 e. The minimum absolute atomic E-state index is 0.0347. The fourth-order valence-corrected chi connectivity index (χ4v) is 0.489. The lowest BCUT2D eigenvalue weighted by Crippen LogP contribution is -2.14. The highest BCUT2D eigenvalue weighted by atomic mass is 16.4. The van der Waals surface area contributed by atoms with E-state index in [0.717, 1.165) is 0 Å². The van der Waals surface area contributed by atoms with Crippen molar-refractivity contribution in [3.05, 3.63) is 11.6 Å². The predicted molar refractivity (Wildman–Crippen MR) is 35.2 cm³/mol. The number of carbonyl (C=O) groups is 2. The molecule has 0 saturated carbocycles. The topological polar surface area (TPSA) is 80.4 Å². The predicted octanol–water partition coefficient (Wildman–Crippen LogP) is -0.107. The second-order valence-electron chi connectivity index (χ2n) is 1.76. The molecule has 0 saturated heterocycles. The van der Waals surface area contributed by atoms with Gasteiger partial charge < -0.3 is 10.8 Å². The summed E-state index contributed by atoms with van der Waals surface area (Å²) in [4.78, 5) is 20.4. The molecule has 0 rings (SSSR count). The molecule has 0 fully saturated rings. The molecule has 0 bridgehead atoms. The van der Waals surface area contributed by atoms with Crippen LogP contribution < -0.4 is 5.73 Å². The van der Waals surface area contributed by atoms with Gasteiger partial charge in [0, 0.05) is 5.57 Å². The second-order valence-corrected chi connectivity index (χ2v) is 1.76. The zero-order chi connectivity index (χ0) is 8.15. The maximum Gasteiger partial charge on any atom is 0.331 e. The van der Waals surface area contributed by atoms with Crippen LogP contribution in [0, 0.1) is 0 Å². The standard InChI is InChI=1S/C6H9NO3/c1-2-4(6(9)10)3-5(7)8/h2H,3H2,1H3,(H2,7,8)(H,9,10). The zero-order valence-corrected chi connectivity index (χ0v) is 5.63. The Kier molecular flexibility index (Phi) is 3.17. The molecule has 4 heteroatoms. The quantitative estimate of drug-likeness (QED) is 0.541. The summed E-state index contributed by atoms with van der Waals surface area (Å²) in [5.74, 6) is -1.73. The van der Waals surface area contributed by atoms with Crippen molar-refractivity contribution in [2.45, 2.75) is 13.3 Å². The summed E-state index contributed by atoms with van der Waals surface area (Å²) in [6.07, 6.45) is 1.15. The molecule has 10 heavy (non-hydrogen) atoms. The highest BCUT2D eigenvalue weighted by molar-refractivity contribution is 5.93. The first-order valence-electron chi connectivity index (χ1n) is 2.74. The third kappa shape index (κ3) is 2.86. The normalized spacial score (nSPS) is 11.1. The maximum atomic E-state index is 10.2. The Bertz CT molecular complexity index is 183. The zero-order valence-electron chi connectivity index (χ0n) is 5.63. The number of carboxylic acids is 1. The van der Waals surface area contributed by atoms with Gasteiger partial charge in [0.05, 0.1) is 6.42 Å². The van der Waals surface area contributed by atoms with Crippen LogP contribution >= 0.6 is 0 Å².